The Morgan fingerprint density at radius 2 is 2.46 bits per heavy atom. The first-order valence-electron chi connectivity index (χ1n) is 4.68. The second-order valence-electron chi connectivity index (χ2n) is 3.59. The van der Waals surface area contributed by atoms with Gasteiger partial charge in [0, 0.05) is 38.9 Å². The third-order valence-electron chi connectivity index (χ3n) is 2.67. The largest absolute Gasteiger partial charge is 0.334 e. The van der Waals surface area contributed by atoms with Crippen molar-refractivity contribution in [2.75, 3.05) is 13.1 Å². The van der Waals surface area contributed by atoms with Crippen LogP contribution >= 0.6 is 0 Å². The molecule has 0 radical (unpaired) electrons. The lowest BCUT2D eigenvalue weighted by molar-refractivity contribution is 0.362. The highest BCUT2D eigenvalue weighted by atomic mass is 15.1. The SMILES string of the molecule is Cc1ncc(CNC2CNC2)n1C. The number of rotatable bonds is 3. The number of nitrogens with one attached hydrogen (secondary N) is 2. The molecule has 0 unspecified atom stereocenters. The summed E-state index contributed by atoms with van der Waals surface area (Å²) in [5, 5.41) is 6.70. The zero-order valence-electron chi connectivity index (χ0n) is 8.17. The number of hydrogen-bond donors (Lipinski definition) is 2. The summed E-state index contributed by atoms with van der Waals surface area (Å²) in [6, 6.07) is 0.648. The lowest BCUT2D eigenvalue weighted by Crippen LogP contribution is -2.55. The quantitative estimate of drug-likeness (QED) is 0.676. The highest BCUT2D eigenvalue weighted by Crippen LogP contribution is 2.02. The second kappa shape index (κ2) is 3.47. The zero-order valence-corrected chi connectivity index (χ0v) is 8.17. The average Bonchev–Trinajstić information content (AvgIpc) is 2.33. The van der Waals surface area contributed by atoms with Gasteiger partial charge in [-0.15, -0.1) is 0 Å². The molecule has 4 nitrogen and oxygen atoms in total. The molecule has 0 bridgehead atoms. The Morgan fingerprint density at radius 1 is 1.69 bits per heavy atom. The van der Waals surface area contributed by atoms with E-state index in [2.05, 4.69) is 27.2 Å². The van der Waals surface area contributed by atoms with Crippen molar-refractivity contribution in [3.05, 3.63) is 17.7 Å². The topological polar surface area (TPSA) is 41.9 Å². The molecule has 0 amide bonds. The Labute approximate surface area is 78.4 Å². The predicted octanol–water partition coefficient (Wildman–Crippen LogP) is -0.210. The van der Waals surface area contributed by atoms with Gasteiger partial charge in [0.05, 0.1) is 5.69 Å². The van der Waals surface area contributed by atoms with Gasteiger partial charge in [-0.3, -0.25) is 0 Å². The van der Waals surface area contributed by atoms with Crippen LogP contribution in [0.3, 0.4) is 0 Å². The maximum Gasteiger partial charge on any atom is 0.105 e. The van der Waals surface area contributed by atoms with Crippen molar-refractivity contribution in [1.82, 2.24) is 20.2 Å². The number of aryl methyl sites for hydroxylation is 1. The third-order valence-corrected chi connectivity index (χ3v) is 2.67. The number of hydrogen-bond acceptors (Lipinski definition) is 3. The predicted molar refractivity (Wildman–Crippen MR) is 51.4 cm³/mol. The molecule has 1 aromatic heterocycles. The molecule has 1 fully saturated rings. The zero-order chi connectivity index (χ0) is 9.26. The van der Waals surface area contributed by atoms with Crippen LogP contribution in [0, 0.1) is 6.92 Å². The molecule has 1 aliphatic rings. The monoisotopic (exact) mass is 180 g/mol. The molecule has 0 aromatic carbocycles. The fourth-order valence-corrected chi connectivity index (χ4v) is 1.40. The fraction of sp³-hybridized carbons (Fsp3) is 0.667. The Bertz CT molecular complexity index is 288. The molecule has 2 heterocycles. The maximum atomic E-state index is 4.25. The van der Waals surface area contributed by atoms with E-state index in [-0.39, 0.29) is 0 Å². The highest BCUT2D eigenvalue weighted by molar-refractivity contribution is 5.03. The minimum Gasteiger partial charge on any atom is -0.334 e. The average molecular weight is 180 g/mol. The Kier molecular flexibility index (Phi) is 2.33. The molecule has 72 valence electrons. The summed E-state index contributed by atoms with van der Waals surface area (Å²) in [6.07, 6.45) is 1.94. The molecule has 4 heteroatoms. The van der Waals surface area contributed by atoms with Crippen molar-refractivity contribution in [2.45, 2.75) is 19.5 Å². The van der Waals surface area contributed by atoms with E-state index in [1.807, 2.05) is 13.1 Å². The first-order chi connectivity index (χ1) is 6.27. The van der Waals surface area contributed by atoms with Crippen LogP contribution in [0.5, 0.6) is 0 Å². The van der Waals surface area contributed by atoms with Crippen LogP contribution in [0.15, 0.2) is 6.20 Å². The van der Waals surface area contributed by atoms with Gasteiger partial charge in [0.25, 0.3) is 0 Å². The van der Waals surface area contributed by atoms with Gasteiger partial charge in [0.2, 0.25) is 0 Å². The van der Waals surface area contributed by atoms with Crippen molar-refractivity contribution in [3.8, 4) is 0 Å². The second-order valence-corrected chi connectivity index (χ2v) is 3.59. The summed E-state index contributed by atoms with van der Waals surface area (Å²) in [7, 11) is 2.05. The smallest absolute Gasteiger partial charge is 0.105 e. The van der Waals surface area contributed by atoms with Crippen LogP contribution in [0.2, 0.25) is 0 Å². The van der Waals surface area contributed by atoms with Crippen molar-refractivity contribution in [3.63, 3.8) is 0 Å². The fourth-order valence-electron chi connectivity index (χ4n) is 1.40. The summed E-state index contributed by atoms with van der Waals surface area (Å²) in [5.74, 6) is 1.07. The summed E-state index contributed by atoms with van der Waals surface area (Å²) in [5.41, 5.74) is 1.25. The highest BCUT2D eigenvalue weighted by Gasteiger charge is 2.15. The molecule has 1 aliphatic heterocycles. The van der Waals surface area contributed by atoms with E-state index >= 15 is 0 Å². The Balaban J connectivity index is 1.89. The van der Waals surface area contributed by atoms with Crippen molar-refractivity contribution >= 4 is 0 Å². The minimum atomic E-state index is 0.648. The van der Waals surface area contributed by atoms with Crippen LogP contribution < -0.4 is 10.6 Å². The van der Waals surface area contributed by atoms with Gasteiger partial charge >= 0.3 is 0 Å². The molecule has 1 saturated heterocycles. The van der Waals surface area contributed by atoms with E-state index in [1.54, 1.807) is 0 Å². The molecule has 13 heavy (non-hydrogen) atoms. The van der Waals surface area contributed by atoms with Crippen molar-refractivity contribution in [1.29, 1.82) is 0 Å². The van der Waals surface area contributed by atoms with Crippen LogP contribution in [0.25, 0.3) is 0 Å². The minimum absolute atomic E-state index is 0.648. The van der Waals surface area contributed by atoms with Crippen molar-refractivity contribution < 1.29 is 0 Å². The molecule has 0 saturated carbocycles. The molecule has 1 aromatic rings. The molecule has 2 N–H and O–H groups in total. The molecular formula is C9H16N4. The lowest BCUT2D eigenvalue weighted by atomic mass is 10.2. The van der Waals surface area contributed by atoms with E-state index < -0.39 is 0 Å². The van der Waals surface area contributed by atoms with Crippen LogP contribution in [0.1, 0.15) is 11.5 Å². The van der Waals surface area contributed by atoms with E-state index in [1.165, 1.54) is 5.69 Å². The Hall–Kier alpha value is -0.870. The third kappa shape index (κ3) is 1.73. The molecule has 0 spiro atoms. The van der Waals surface area contributed by atoms with Gasteiger partial charge in [0.1, 0.15) is 5.82 Å². The maximum absolute atomic E-state index is 4.25. The standard InChI is InChI=1S/C9H16N4/c1-7-11-5-9(13(7)2)6-12-8-3-10-4-8/h5,8,10,12H,3-4,6H2,1-2H3. The molecule has 0 aliphatic carbocycles. The lowest BCUT2D eigenvalue weighted by Gasteiger charge is -2.28. The molecule has 2 rings (SSSR count). The molecule has 0 atom stereocenters. The van der Waals surface area contributed by atoms with Gasteiger partial charge in [0.15, 0.2) is 0 Å². The number of imidazole rings is 1. The van der Waals surface area contributed by atoms with Crippen LogP contribution in [0.4, 0.5) is 0 Å². The summed E-state index contributed by atoms with van der Waals surface area (Å²) in [6.45, 7) is 5.13. The van der Waals surface area contributed by atoms with E-state index in [4.69, 9.17) is 0 Å². The Morgan fingerprint density at radius 3 is 2.92 bits per heavy atom. The first kappa shape index (κ1) is 8.72. The summed E-state index contributed by atoms with van der Waals surface area (Å²) < 4.78 is 2.12. The number of aromatic nitrogens is 2. The van der Waals surface area contributed by atoms with Gasteiger partial charge < -0.3 is 15.2 Å². The van der Waals surface area contributed by atoms with Crippen LogP contribution in [-0.2, 0) is 13.6 Å². The van der Waals surface area contributed by atoms with Crippen molar-refractivity contribution in [2.24, 2.45) is 7.05 Å². The van der Waals surface area contributed by atoms with E-state index in [0.29, 0.717) is 6.04 Å². The normalized spacial score (nSPS) is 17.4. The summed E-state index contributed by atoms with van der Waals surface area (Å²) >= 11 is 0. The van der Waals surface area contributed by atoms with E-state index in [0.717, 1.165) is 25.5 Å². The van der Waals surface area contributed by atoms with Crippen LogP contribution in [-0.4, -0.2) is 28.7 Å². The number of nitrogens with zero attached hydrogens (tertiary/aromatic N) is 2. The summed E-state index contributed by atoms with van der Waals surface area (Å²) in [4.78, 5) is 4.25. The molecular weight excluding hydrogens is 164 g/mol. The first-order valence-corrected chi connectivity index (χ1v) is 4.68. The van der Waals surface area contributed by atoms with Gasteiger partial charge in [-0.1, -0.05) is 0 Å². The van der Waals surface area contributed by atoms with Gasteiger partial charge in [-0.25, -0.2) is 4.98 Å². The van der Waals surface area contributed by atoms with Gasteiger partial charge in [-0.05, 0) is 6.92 Å². The van der Waals surface area contributed by atoms with Gasteiger partial charge in [-0.2, -0.15) is 0 Å². The van der Waals surface area contributed by atoms with E-state index in [9.17, 15) is 0 Å².